The molecule has 36 heavy (non-hydrogen) atoms. The van der Waals surface area contributed by atoms with Gasteiger partial charge in [-0.25, -0.2) is 0 Å². The van der Waals surface area contributed by atoms with Gasteiger partial charge in [0, 0.05) is 12.7 Å². The Labute approximate surface area is 222 Å². The predicted molar refractivity (Wildman–Crippen MR) is 130 cm³/mol. The van der Waals surface area contributed by atoms with Gasteiger partial charge in [-0.2, -0.15) is 54.8 Å². The van der Waals surface area contributed by atoms with Crippen LogP contribution in [0.1, 0.15) is 22.9 Å². The standard InChI is InChI=1S/C18H11F3N.C11H10N2.Ir/c19-18(20,21)16-8-4-7-14(11-16)17-10-9-15(12-22-17)13-5-2-1-3-6-13;1-2-4-10-9(3-1)5-7-13-8-6-12-11(10)13;/h1-10,12H;1-3,6,8,11H,5,7H2;/q-1;-2;+3. The molecular weight excluding hydrogens is 640 g/mol. The fourth-order valence-corrected chi connectivity index (χ4v) is 4.14. The third kappa shape index (κ3) is 5.69. The Morgan fingerprint density at radius 2 is 1.75 bits per heavy atom. The molecule has 0 amide bonds. The third-order valence-electron chi connectivity index (χ3n) is 5.92. The second kappa shape index (κ2) is 11.1. The first-order chi connectivity index (χ1) is 17.0. The summed E-state index contributed by atoms with van der Waals surface area (Å²) >= 11 is 0. The van der Waals surface area contributed by atoms with Crippen LogP contribution < -0.4 is 0 Å². The van der Waals surface area contributed by atoms with Crippen LogP contribution in [0.2, 0.25) is 0 Å². The molecule has 0 bridgehead atoms. The molecule has 6 rings (SSSR count). The maximum Gasteiger partial charge on any atom is 3.00 e. The maximum absolute atomic E-state index is 12.7. The first kappa shape index (κ1) is 25.7. The summed E-state index contributed by atoms with van der Waals surface area (Å²) in [4.78, 5) is 6.51. The van der Waals surface area contributed by atoms with Crippen molar-refractivity contribution in [2.45, 2.75) is 18.8 Å². The molecule has 0 radical (unpaired) electrons. The second-order valence-electron chi connectivity index (χ2n) is 8.19. The van der Waals surface area contributed by atoms with Gasteiger partial charge < -0.3 is 15.2 Å². The number of nitrogens with zero attached hydrogens (tertiary/aromatic N) is 3. The van der Waals surface area contributed by atoms with Crippen LogP contribution in [0, 0.1) is 12.1 Å². The van der Waals surface area contributed by atoms with Gasteiger partial charge in [0.15, 0.2) is 0 Å². The fraction of sp³-hybridized carbons (Fsp3) is 0.138. The van der Waals surface area contributed by atoms with Crippen molar-refractivity contribution in [3.63, 3.8) is 0 Å². The van der Waals surface area contributed by atoms with Gasteiger partial charge >= 0.3 is 26.3 Å². The van der Waals surface area contributed by atoms with E-state index in [1.54, 1.807) is 18.3 Å². The van der Waals surface area contributed by atoms with E-state index in [0.29, 0.717) is 11.3 Å². The van der Waals surface area contributed by atoms with E-state index in [1.165, 1.54) is 17.2 Å². The van der Waals surface area contributed by atoms with E-state index in [0.717, 1.165) is 30.2 Å². The average Bonchev–Trinajstić information content (AvgIpc) is 3.39. The van der Waals surface area contributed by atoms with Crippen LogP contribution in [0.5, 0.6) is 0 Å². The summed E-state index contributed by atoms with van der Waals surface area (Å²) in [6.45, 7) is 1.08. The molecule has 0 spiro atoms. The van der Waals surface area contributed by atoms with Crippen molar-refractivity contribution < 1.29 is 33.3 Å². The van der Waals surface area contributed by atoms with Crippen molar-refractivity contribution in [1.82, 2.24) is 9.88 Å². The normalized spacial score (nSPS) is 15.5. The molecule has 0 aliphatic carbocycles. The zero-order chi connectivity index (χ0) is 24.3. The Bertz CT molecular complexity index is 1320. The number of fused-ring (bicyclic) bond motifs is 3. The van der Waals surface area contributed by atoms with E-state index in [1.807, 2.05) is 48.7 Å². The van der Waals surface area contributed by atoms with E-state index >= 15 is 0 Å². The first-order valence-electron chi connectivity index (χ1n) is 11.2. The molecule has 2 aliphatic rings. The van der Waals surface area contributed by atoms with Crippen molar-refractivity contribution in [2.75, 3.05) is 6.54 Å². The molecule has 0 N–H and O–H groups in total. The minimum Gasteiger partial charge on any atom is -0.668 e. The number of hydrogen-bond acceptors (Lipinski definition) is 2. The number of halogens is 3. The van der Waals surface area contributed by atoms with Crippen LogP contribution in [0.25, 0.3) is 27.7 Å². The Balaban J connectivity index is 0.000000185. The summed E-state index contributed by atoms with van der Waals surface area (Å²) in [6.07, 6.45) is 2.53. The molecular formula is C29H21F3IrN3. The summed E-state index contributed by atoms with van der Waals surface area (Å²) in [5.41, 5.74) is 4.57. The van der Waals surface area contributed by atoms with Crippen LogP contribution in [0.3, 0.4) is 0 Å². The summed E-state index contributed by atoms with van der Waals surface area (Å²) in [6, 6.07) is 29.0. The average molecular weight is 661 g/mol. The Hall–Kier alpha value is -3.41. The number of aromatic nitrogens is 1. The molecule has 0 saturated carbocycles. The van der Waals surface area contributed by atoms with E-state index in [9.17, 15) is 13.2 Å². The van der Waals surface area contributed by atoms with Crippen molar-refractivity contribution >= 4 is 0 Å². The first-order valence-corrected chi connectivity index (χ1v) is 11.2. The summed E-state index contributed by atoms with van der Waals surface area (Å²) in [5, 5.41) is 4.41. The van der Waals surface area contributed by atoms with Crippen molar-refractivity contribution in [3.05, 3.63) is 132 Å². The third-order valence-corrected chi connectivity index (χ3v) is 5.92. The minimum absolute atomic E-state index is 0. The van der Waals surface area contributed by atoms with Crippen LogP contribution >= 0.6 is 0 Å². The van der Waals surface area contributed by atoms with Crippen LogP contribution in [0.15, 0.2) is 97.5 Å². The smallest absolute Gasteiger partial charge is 0.668 e. The molecule has 1 atom stereocenters. The minimum atomic E-state index is -4.40. The molecule has 1 unspecified atom stereocenters. The Kier molecular flexibility index (Phi) is 7.92. The Morgan fingerprint density at radius 1 is 0.917 bits per heavy atom. The maximum atomic E-state index is 12.7. The van der Waals surface area contributed by atoms with Gasteiger partial charge in [-0.15, -0.1) is 29.8 Å². The molecule has 182 valence electrons. The number of pyridine rings is 1. The number of benzene rings is 3. The molecule has 0 fully saturated rings. The monoisotopic (exact) mass is 661 g/mol. The molecule has 3 nitrogen and oxygen atoms in total. The number of rotatable bonds is 2. The van der Waals surface area contributed by atoms with Gasteiger partial charge in [-0.1, -0.05) is 48.9 Å². The second-order valence-corrected chi connectivity index (χ2v) is 8.19. The zero-order valence-corrected chi connectivity index (χ0v) is 21.4. The molecule has 0 saturated heterocycles. The topological polar surface area (TPSA) is 30.2 Å². The summed E-state index contributed by atoms with van der Waals surface area (Å²) in [5.74, 6) is 0. The van der Waals surface area contributed by atoms with Gasteiger partial charge in [0.05, 0.1) is 0 Å². The van der Waals surface area contributed by atoms with Gasteiger partial charge in [0.25, 0.3) is 0 Å². The zero-order valence-electron chi connectivity index (χ0n) is 19.0. The quantitative estimate of drug-likeness (QED) is 0.210. The predicted octanol–water partition coefficient (Wildman–Crippen LogP) is 7.43. The van der Waals surface area contributed by atoms with Gasteiger partial charge in [0.2, 0.25) is 0 Å². The van der Waals surface area contributed by atoms with Crippen LogP contribution in [-0.2, 0) is 32.7 Å². The largest absolute Gasteiger partial charge is 3.00 e. The van der Waals surface area contributed by atoms with Crippen molar-refractivity contribution in [1.29, 1.82) is 0 Å². The molecule has 1 aromatic heterocycles. The van der Waals surface area contributed by atoms with Crippen LogP contribution in [0.4, 0.5) is 13.2 Å². The fourth-order valence-electron chi connectivity index (χ4n) is 4.14. The molecule has 3 aromatic carbocycles. The van der Waals surface area contributed by atoms with Gasteiger partial charge in [-0.05, 0) is 34.8 Å². The number of hydrogen-bond donors (Lipinski definition) is 0. The summed E-state index contributed by atoms with van der Waals surface area (Å²) in [7, 11) is 0. The molecule has 2 aliphatic heterocycles. The molecule has 3 heterocycles. The number of alkyl halides is 3. The summed E-state index contributed by atoms with van der Waals surface area (Å²) < 4.78 is 38.2. The van der Waals surface area contributed by atoms with E-state index in [4.69, 9.17) is 0 Å². The Morgan fingerprint density at radius 3 is 2.50 bits per heavy atom. The van der Waals surface area contributed by atoms with E-state index in [2.05, 4.69) is 45.7 Å². The van der Waals surface area contributed by atoms with Gasteiger partial charge in [-0.3, -0.25) is 0 Å². The molecule has 4 aromatic rings. The van der Waals surface area contributed by atoms with Gasteiger partial charge in [0.1, 0.15) is 0 Å². The van der Waals surface area contributed by atoms with Crippen molar-refractivity contribution in [2.24, 2.45) is 0 Å². The van der Waals surface area contributed by atoms with E-state index < -0.39 is 11.7 Å². The SMILES string of the molecule is FC(F)(F)c1[c-]c(-c2ccc(-c3ccccc3)cn2)ccc1.[Ir+3].[c-]1cccc2c1C1[N-]C=CN1CC2. The van der Waals surface area contributed by atoms with Crippen LogP contribution in [-0.4, -0.2) is 16.4 Å². The molecule has 7 heteroatoms. The van der Waals surface area contributed by atoms with E-state index in [-0.39, 0.29) is 26.3 Å². The van der Waals surface area contributed by atoms with Crippen molar-refractivity contribution in [3.8, 4) is 22.4 Å².